The lowest BCUT2D eigenvalue weighted by Crippen LogP contribution is -2.32. The van der Waals surface area contributed by atoms with Crippen LogP contribution in [0.5, 0.6) is 6.01 Å². The number of hydrogen-bond donors (Lipinski definition) is 2. The molecule has 0 aliphatic carbocycles. The number of ether oxygens (including phenoxy) is 2. The van der Waals surface area contributed by atoms with Crippen LogP contribution in [-0.4, -0.2) is 70.3 Å². The van der Waals surface area contributed by atoms with Crippen LogP contribution in [0.15, 0.2) is 24.3 Å². The second-order valence-corrected chi connectivity index (χ2v) is 9.38. The maximum atomic E-state index is 12.5. The number of likely N-dealkylation sites (tertiary alicyclic amines) is 1. The first-order valence-electron chi connectivity index (χ1n) is 13.1. The smallest absolute Gasteiger partial charge is 0.353 e. The van der Waals surface area contributed by atoms with E-state index in [1.807, 2.05) is 31.2 Å². The molecule has 1 aliphatic rings. The Morgan fingerprint density at radius 3 is 2.66 bits per heavy atom. The molecule has 3 N–H and O–H groups in total. The second-order valence-electron chi connectivity index (χ2n) is 9.38. The number of nitrogen functional groups attached to an aromatic ring is 1. The summed E-state index contributed by atoms with van der Waals surface area (Å²) >= 11 is 0. The van der Waals surface area contributed by atoms with Gasteiger partial charge in [0.25, 0.3) is 0 Å². The van der Waals surface area contributed by atoms with Crippen LogP contribution >= 0.6 is 0 Å². The molecule has 2 aromatic rings. The number of hydrogen-bond acceptors (Lipinski definition) is 11. The van der Waals surface area contributed by atoms with Gasteiger partial charge in [-0.05, 0) is 62.7 Å². The molecule has 208 valence electrons. The Bertz CT molecular complexity index is 1080. The largest absolute Gasteiger partial charge is 0.465 e. The molecule has 0 radical (unpaired) electrons. The van der Waals surface area contributed by atoms with E-state index in [1.54, 1.807) is 6.92 Å². The lowest BCUT2D eigenvalue weighted by molar-refractivity contribution is -0.383. The molecule has 12 heteroatoms. The van der Waals surface area contributed by atoms with Crippen molar-refractivity contribution in [1.82, 2.24) is 14.9 Å². The minimum atomic E-state index is -0.656. The van der Waals surface area contributed by atoms with Crippen LogP contribution in [-0.2, 0) is 22.6 Å². The van der Waals surface area contributed by atoms with Gasteiger partial charge in [-0.2, -0.15) is 9.97 Å². The summed E-state index contributed by atoms with van der Waals surface area (Å²) in [5.74, 6) is -0.978. The van der Waals surface area contributed by atoms with E-state index >= 15 is 0 Å². The Balaban J connectivity index is 1.94. The number of esters is 1. The predicted octanol–water partition coefficient (Wildman–Crippen LogP) is 2.92. The third-order valence-electron chi connectivity index (χ3n) is 6.51. The van der Waals surface area contributed by atoms with Gasteiger partial charge in [0.15, 0.2) is 0 Å². The Kier molecular flexibility index (Phi) is 11.0. The number of aliphatic hydroxyl groups excluding tert-OH is 1. The Morgan fingerprint density at radius 1 is 1.26 bits per heavy atom. The fourth-order valence-corrected chi connectivity index (χ4v) is 4.49. The van der Waals surface area contributed by atoms with Crippen LogP contribution in [0.3, 0.4) is 0 Å². The van der Waals surface area contributed by atoms with Crippen LogP contribution in [0, 0.1) is 16.0 Å². The molecule has 1 aliphatic heterocycles. The molecule has 1 atom stereocenters. The minimum absolute atomic E-state index is 0.0144. The van der Waals surface area contributed by atoms with Crippen molar-refractivity contribution in [2.24, 2.45) is 5.92 Å². The highest BCUT2D eigenvalue weighted by Gasteiger charge is 2.30. The van der Waals surface area contributed by atoms with E-state index in [0.29, 0.717) is 6.42 Å². The summed E-state index contributed by atoms with van der Waals surface area (Å²) < 4.78 is 10.9. The molecule has 1 aromatic heterocycles. The van der Waals surface area contributed by atoms with Gasteiger partial charge in [-0.1, -0.05) is 31.2 Å². The zero-order valence-corrected chi connectivity index (χ0v) is 22.2. The number of carbonyl (C=O) groups is 1. The highest BCUT2D eigenvalue weighted by atomic mass is 16.6. The van der Waals surface area contributed by atoms with Crippen LogP contribution < -0.4 is 15.4 Å². The standard InChI is InChI=1S/C26H38N6O6/c1-3-19(10-13-33)18-38-26-28-24(27)23(32(35)36)25(29-26)31(17-22(34)37-4-2)16-21-9-7-8-20(14-21)15-30-11-5-6-12-30/h7-9,14,19,33H,3-6,10-13,15-18H2,1-2H3,(H2,27,28,29). The van der Waals surface area contributed by atoms with E-state index < -0.39 is 16.6 Å². The molecule has 1 saturated heterocycles. The quantitative estimate of drug-likeness (QED) is 0.198. The number of anilines is 2. The molecule has 0 saturated carbocycles. The van der Waals surface area contributed by atoms with Gasteiger partial charge in [0, 0.05) is 19.7 Å². The van der Waals surface area contributed by atoms with Crippen molar-refractivity contribution in [1.29, 1.82) is 0 Å². The monoisotopic (exact) mass is 530 g/mol. The maximum absolute atomic E-state index is 12.5. The number of carbonyl (C=O) groups excluding carboxylic acids is 1. The fraction of sp³-hybridized carbons (Fsp3) is 0.577. The highest BCUT2D eigenvalue weighted by Crippen LogP contribution is 2.34. The lowest BCUT2D eigenvalue weighted by atomic mass is 10.0. The van der Waals surface area contributed by atoms with E-state index in [9.17, 15) is 20.0 Å². The van der Waals surface area contributed by atoms with Crippen molar-refractivity contribution < 1.29 is 24.3 Å². The van der Waals surface area contributed by atoms with Crippen LogP contribution in [0.4, 0.5) is 17.3 Å². The summed E-state index contributed by atoms with van der Waals surface area (Å²) in [6.45, 7) is 6.88. The molecule has 2 heterocycles. The molecular weight excluding hydrogens is 492 g/mol. The van der Waals surface area contributed by atoms with Gasteiger partial charge in [-0.15, -0.1) is 0 Å². The SMILES string of the molecule is CCOC(=O)CN(Cc1cccc(CN2CCCC2)c1)c1nc(OCC(CC)CCO)nc(N)c1[N+](=O)[O-]. The van der Waals surface area contributed by atoms with E-state index in [0.717, 1.165) is 37.2 Å². The van der Waals surface area contributed by atoms with Gasteiger partial charge in [-0.3, -0.25) is 19.8 Å². The molecule has 1 aromatic carbocycles. The third-order valence-corrected chi connectivity index (χ3v) is 6.51. The molecule has 0 spiro atoms. The van der Waals surface area contributed by atoms with Crippen LogP contribution in [0.25, 0.3) is 0 Å². The van der Waals surface area contributed by atoms with Crippen LogP contribution in [0.1, 0.15) is 50.7 Å². The normalized spacial score (nSPS) is 14.3. The predicted molar refractivity (Wildman–Crippen MR) is 143 cm³/mol. The second kappa shape index (κ2) is 14.4. The molecule has 12 nitrogen and oxygen atoms in total. The summed E-state index contributed by atoms with van der Waals surface area (Å²) in [7, 11) is 0. The first-order valence-corrected chi connectivity index (χ1v) is 13.1. The summed E-state index contributed by atoms with van der Waals surface area (Å²) in [4.78, 5) is 36.0. The number of rotatable bonds is 15. The summed E-state index contributed by atoms with van der Waals surface area (Å²) in [6, 6.07) is 7.79. The van der Waals surface area contributed by atoms with Gasteiger partial charge in [0.1, 0.15) is 6.54 Å². The van der Waals surface area contributed by atoms with Crippen LogP contribution in [0.2, 0.25) is 0 Å². The first-order chi connectivity index (χ1) is 18.3. The van der Waals surface area contributed by atoms with E-state index in [-0.39, 0.29) is 56.5 Å². The van der Waals surface area contributed by atoms with Crippen molar-refractivity contribution in [3.05, 3.63) is 45.5 Å². The number of nitro groups is 1. The number of benzene rings is 1. The summed E-state index contributed by atoms with van der Waals surface area (Å²) in [5.41, 5.74) is 7.47. The molecule has 38 heavy (non-hydrogen) atoms. The maximum Gasteiger partial charge on any atom is 0.353 e. The first kappa shape index (κ1) is 29.1. The Morgan fingerprint density at radius 2 is 2.00 bits per heavy atom. The van der Waals surface area contributed by atoms with Crippen molar-refractivity contribution in [3.63, 3.8) is 0 Å². The van der Waals surface area contributed by atoms with E-state index in [4.69, 9.17) is 15.2 Å². The topological polar surface area (TPSA) is 157 Å². The molecular formula is C26H38N6O6. The number of nitrogens with zero attached hydrogens (tertiary/aromatic N) is 5. The van der Waals surface area contributed by atoms with E-state index in [1.165, 1.54) is 17.7 Å². The number of nitrogens with two attached hydrogens (primary N) is 1. The zero-order valence-electron chi connectivity index (χ0n) is 22.2. The summed E-state index contributed by atoms with van der Waals surface area (Å²) in [5, 5.41) is 21.3. The van der Waals surface area contributed by atoms with Gasteiger partial charge in [0.2, 0.25) is 11.6 Å². The van der Waals surface area contributed by atoms with Gasteiger partial charge >= 0.3 is 17.7 Å². The third kappa shape index (κ3) is 8.25. The van der Waals surface area contributed by atoms with E-state index in [2.05, 4.69) is 14.9 Å². The van der Waals surface area contributed by atoms with Crippen molar-refractivity contribution in [2.45, 2.75) is 52.6 Å². The molecule has 3 rings (SSSR count). The average molecular weight is 531 g/mol. The molecule has 1 unspecified atom stereocenters. The number of aromatic nitrogens is 2. The van der Waals surface area contributed by atoms with Gasteiger partial charge < -0.3 is 25.2 Å². The Hall–Kier alpha value is -3.51. The zero-order chi connectivity index (χ0) is 27.5. The van der Waals surface area contributed by atoms with Crippen molar-refractivity contribution in [2.75, 3.05) is 50.1 Å². The minimum Gasteiger partial charge on any atom is -0.465 e. The van der Waals surface area contributed by atoms with Crippen molar-refractivity contribution >= 4 is 23.3 Å². The average Bonchev–Trinajstić information content (AvgIpc) is 3.39. The highest BCUT2D eigenvalue weighted by molar-refractivity contribution is 5.78. The molecule has 0 amide bonds. The van der Waals surface area contributed by atoms with Gasteiger partial charge in [-0.25, -0.2) is 0 Å². The summed E-state index contributed by atoms with van der Waals surface area (Å²) in [6.07, 6.45) is 3.68. The fourth-order valence-electron chi connectivity index (χ4n) is 4.49. The lowest BCUT2D eigenvalue weighted by Gasteiger charge is -2.24. The van der Waals surface area contributed by atoms with Crippen molar-refractivity contribution in [3.8, 4) is 6.01 Å². The Labute approximate surface area is 222 Å². The molecule has 1 fully saturated rings. The number of aliphatic hydroxyl groups is 1. The van der Waals surface area contributed by atoms with Gasteiger partial charge in [0.05, 0.1) is 18.1 Å². The molecule has 0 bridgehead atoms.